The molecule has 1 aliphatic rings. The number of piperazine rings is 1. The molecular weight excluding hydrogens is 452 g/mol. The van der Waals surface area contributed by atoms with E-state index in [2.05, 4.69) is 22.4 Å². The average molecular weight is 483 g/mol. The van der Waals surface area contributed by atoms with Crippen molar-refractivity contribution in [3.05, 3.63) is 96.4 Å². The molecule has 1 atom stereocenters. The summed E-state index contributed by atoms with van der Waals surface area (Å²) >= 11 is 0. The smallest absolute Gasteiger partial charge is 0.275 e. The van der Waals surface area contributed by atoms with Crippen LogP contribution in [-0.2, 0) is 6.42 Å². The van der Waals surface area contributed by atoms with Crippen molar-refractivity contribution in [3.63, 3.8) is 0 Å². The van der Waals surface area contributed by atoms with Gasteiger partial charge in [0.25, 0.3) is 5.91 Å². The number of imidazole rings is 1. The zero-order valence-electron chi connectivity index (χ0n) is 20.6. The minimum atomic E-state index is -0.0723. The van der Waals surface area contributed by atoms with Crippen LogP contribution < -0.4 is 14.8 Å². The Morgan fingerprint density at radius 1 is 0.972 bits per heavy atom. The fourth-order valence-electron chi connectivity index (χ4n) is 4.85. The number of hydrogen-bond donors (Lipinski definition) is 1. The maximum absolute atomic E-state index is 14.1. The highest BCUT2D eigenvalue weighted by atomic mass is 16.5. The van der Waals surface area contributed by atoms with Crippen molar-refractivity contribution in [1.29, 1.82) is 0 Å². The first-order valence-corrected chi connectivity index (χ1v) is 12.1. The predicted molar refractivity (Wildman–Crippen MR) is 140 cm³/mol. The maximum Gasteiger partial charge on any atom is 0.275 e. The van der Waals surface area contributed by atoms with Crippen molar-refractivity contribution in [1.82, 2.24) is 19.8 Å². The third-order valence-corrected chi connectivity index (χ3v) is 6.58. The number of nitrogens with zero attached hydrogens (tertiary/aromatic N) is 3. The van der Waals surface area contributed by atoms with Gasteiger partial charge in [-0.15, -0.1) is 0 Å². The predicted octanol–water partition coefficient (Wildman–Crippen LogP) is 4.21. The number of hydrogen-bond acceptors (Lipinski definition) is 5. The molecule has 3 aromatic carbocycles. The molecule has 184 valence electrons. The lowest BCUT2D eigenvalue weighted by Gasteiger charge is -2.36. The lowest BCUT2D eigenvalue weighted by molar-refractivity contribution is 0.0631. The molecule has 1 aromatic heterocycles. The first-order chi connectivity index (χ1) is 17.7. The van der Waals surface area contributed by atoms with E-state index in [0.717, 1.165) is 36.5 Å². The van der Waals surface area contributed by atoms with Gasteiger partial charge in [0.2, 0.25) is 0 Å². The van der Waals surface area contributed by atoms with Crippen LogP contribution in [0, 0.1) is 0 Å². The van der Waals surface area contributed by atoms with E-state index in [9.17, 15) is 4.79 Å². The molecule has 0 radical (unpaired) electrons. The van der Waals surface area contributed by atoms with Crippen molar-refractivity contribution < 1.29 is 14.3 Å². The lowest BCUT2D eigenvalue weighted by Crippen LogP contribution is -2.54. The van der Waals surface area contributed by atoms with Gasteiger partial charge in [0, 0.05) is 31.2 Å². The summed E-state index contributed by atoms with van der Waals surface area (Å²) in [7, 11) is 3.22. The normalized spacial score (nSPS) is 15.5. The largest absolute Gasteiger partial charge is 0.493 e. The first-order valence-electron chi connectivity index (χ1n) is 12.1. The molecule has 7 heteroatoms. The van der Waals surface area contributed by atoms with Crippen LogP contribution >= 0.6 is 0 Å². The molecule has 1 amide bonds. The van der Waals surface area contributed by atoms with Gasteiger partial charge in [-0.25, -0.2) is 4.98 Å². The second-order valence-corrected chi connectivity index (χ2v) is 8.74. The summed E-state index contributed by atoms with van der Waals surface area (Å²) in [6.07, 6.45) is 2.48. The van der Waals surface area contributed by atoms with Crippen molar-refractivity contribution in [2.24, 2.45) is 0 Å². The second kappa shape index (κ2) is 10.7. The minimum Gasteiger partial charge on any atom is -0.493 e. The number of para-hydroxylation sites is 1. The SMILES string of the molecule is COc1cccc(-n2cnc(C(=O)N3CCNC[C@H]3Cc3ccccc3)c2-c2ccccc2)c1OC. The van der Waals surface area contributed by atoms with Gasteiger partial charge in [-0.3, -0.25) is 9.36 Å². The number of aromatic nitrogens is 2. The van der Waals surface area contributed by atoms with Gasteiger partial charge in [0.05, 0.1) is 25.6 Å². The molecule has 0 unspecified atom stereocenters. The van der Waals surface area contributed by atoms with E-state index in [1.165, 1.54) is 5.56 Å². The van der Waals surface area contributed by atoms with Crippen LogP contribution in [0.3, 0.4) is 0 Å². The number of rotatable bonds is 7. The molecule has 0 spiro atoms. The van der Waals surface area contributed by atoms with Crippen LogP contribution in [0.2, 0.25) is 0 Å². The molecule has 5 rings (SSSR count). The van der Waals surface area contributed by atoms with Gasteiger partial charge in [-0.2, -0.15) is 0 Å². The maximum atomic E-state index is 14.1. The monoisotopic (exact) mass is 482 g/mol. The number of benzene rings is 3. The van der Waals surface area contributed by atoms with Crippen LogP contribution in [0.15, 0.2) is 85.2 Å². The standard InChI is InChI=1S/C29H30N4O3/c1-35-25-15-9-14-24(28(25)36-2)33-20-31-26(27(33)22-12-7-4-8-13-22)29(34)32-17-16-30-19-23(32)18-21-10-5-3-6-11-21/h3-15,20,23,30H,16-19H2,1-2H3/t23-/m1/s1. The summed E-state index contributed by atoms with van der Waals surface area (Å²) < 4.78 is 13.1. The molecule has 2 heterocycles. The van der Waals surface area contributed by atoms with E-state index in [0.29, 0.717) is 23.7 Å². The van der Waals surface area contributed by atoms with Gasteiger partial charge >= 0.3 is 0 Å². The zero-order valence-corrected chi connectivity index (χ0v) is 20.6. The molecule has 0 bridgehead atoms. The van der Waals surface area contributed by atoms with E-state index in [1.54, 1.807) is 20.5 Å². The summed E-state index contributed by atoms with van der Waals surface area (Å²) in [5, 5.41) is 3.45. The average Bonchev–Trinajstić information content (AvgIpc) is 3.38. The third-order valence-electron chi connectivity index (χ3n) is 6.58. The number of methoxy groups -OCH3 is 2. The summed E-state index contributed by atoms with van der Waals surface area (Å²) in [5.74, 6) is 1.12. The molecule has 7 nitrogen and oxygen atoms in total. The fraction of sp³-hybridized carbons (Fsp3) is 0.241. The number of carbonyl (C=O) groups is 1. The van der Waals surface area contributed by atoms with Crippen LogP contribution in [0.5, 0.6) is 11.5 Å². The Morgan fingerprint density at radius 3 is 2.44 bits per heavy atom. The molecule has 1 fully saturated rings. The molecule has 0 aliphatic carbocycles. The van der Waals surface area contributed by atoms with Gasteiger partial charge in [-0.05, 0) is 24.1 Å². The molecule has 1 N–H and O–H groups in total. The molecule has 36 heavy (non-hydrogen) atoms. The minimum absolute atomic E-state index is 0.0359. The summed E-state index contributed by atoms with van der Waals surface area (Å²) in [5.41, 5.74) is 4.01. The second-order valence-electron chi connectivity index (χ2n) is 8.74. The summed E-state index contributed by atoms with van der Waals surface area (Å²) in [6, 6.07) is 25.9. The van der Waals surface area contributed by atoms with Gasteiger partial charge in [-0.1, -0.05) is 66.7 Å². The molecule has 1 aliphatic heterocycles. The number of ether oxygens (including phenoxy) is 2. The Morgan fingerprint density at radius 2 is 1.72 bits per heavy atom. The Kier molecular flexibility index (Phi) is 7.00. The Balaban J connectivity index is 1.59. The number of amides is 1. The first kappa shape index (κ1) is 23.6. The number of carbonyl (C=O) groups excluding carboxylic acids is 1. The van der Waals surface area contributed by atoms with Crippen LogP contribution in [0.4, 0.5) is 0 Å². The fourth-order valence-corrected chi connectivity index (χ4v) is 4.85. The molecule has 0 saturated carbocycles. The van der Waals surface area contributed by atoms with E-state index in [4.69, 9.17) is 9.47 Å². The van der Waals surface area contributed by atoms with E-state index >= 15 is 0 Å². The molecule has 1 saturated heterocycles. The van der Waals surface area contributed by atoms with Gasteiger partial charge in [0.1, 0.15) is 6.33 Å². The van der Waals surface area contributed by atoms with E-state index in [1.807, 2.05) is 76.2 Å². The third kappa shape index (κ3) is 4.57. The van der Waals surface area contributed by atoms with Crippen LogP contribution in [-0.4, -0.2) is 60.3 Å². The quantitative estimate of drug-likeness (QED) is 0.427. The van der Waals surface area contributed by atoms with Crippen LogP contribution in [0.25, 0.3) is 16.9 Å². The van der Waals surface area contributed by atoms with E-state index in [-0.39, 0.29) is 11.9 Å². The van der Waals surface area contributed by atoms with Crippen molar-refractivity contribution >= 4 is 5.91 Å². The molecule has 4 aromatic rings. The van der Waals surface area contributed by atoms with Crippen molar-refractivity contribution in [2.45, 2.75) is 12.5 Å². The zero-order chi connectivity index (χ0) is 24.9. The Hall–Kier alpha value is -4.10. The van der Waals surface area contributed by atoms with E-state index < -0.39 is 0 Å². The lowest BCUT2D eigenvalue weighted by atomic mass is 10.0. The molecular formula is C29H30N4O3. The van der Waals surface area contributed by atoms with Crippen molar-refractivity contribution in [2.75, 3.05) is 33.9 Å². The Bertz CT molecular complexity index is 1320. The van der Waals surface area contributed by atoms with Gasteiger partial charge < -0.3 is 19.7 Å². The topological polar surface area (TPSA) is 68.6 Å². The highest BCUT2D eigenvalue weighted by Gasteiger charge is 2.32. The van der Waals surface area contributed by atoms with Crippen molar-refractivity contribution in [3.8, 4) is 28.4 Å². The summed E-state index contributed by atoms with van der Waals surface area (Å²) in [4.78, 5) is 20.7. The van der Waals surface area contributed by atoms with Crippen LogP contribution in [0.1, 0.15) is 16.1 Å². The number of nitrogens with one attached hydrogen (secondary N) is 1. The summed E-state index contributed by atoms with van der Waals surface area (Å²) in [6.45, 7) is 2.12. The Labute approximate surface area is 211 Å². The highest BCUT2D eigenvalue weighted by molar-refractivity contribution is 5.99. The van der Waals surface area contributed by atoms with Gasteiger partial charge in [0.15, 0.2) is 17.2 Å². The highest BCUT2D eigenvalue weighted by Crippen LogP contribution is 2.37.